The van der Waals surface area contributed by atoms with Crippen molar-refractivity contribution in [1.82, 2.24) is 0 Å². The van der Waals surface area contributed by atoms with Gasteiger partial charge in [0.25, 0.3) is 11.7 Å². The molecule has 0 aromatic heterocycles. The normalized spacial score (nSPS) is 16.7. The number of ketones is 1. The van der Waals surface area contributed by atoms with E-state index in [1.54, 1.807) is 66.7 Å². The number of benzene rings is 3. The first kappa shape index (κ1) is 25.6. The van der Waals surface area contributed by atoms with E-state index in [1.807, 2.05) is 13.8 Å². The van der Waals surface area contributed by atoms with Crippen LogP contribution in [0.5, 0.6) is 23.0 Å². The zero-order valence-electron chi connectivity index (χ0n) is 21.3. The van der Waals surface area contributed by atoms with Gasteiger partial charge in [0.05, 0.1) is 39.0 Å². The molecule has 1 heterocycles. The number of ether oxygens (including phenoxy) is 4. The minimum Gasteiger partial charge on any atom is -0.506 e. The fourth-order valence-electron chi connectivity index (χ4n) is 4.40. The Labute approximate surface area is 215 Å². The molecule has 1 aliphatic heterocycles. The highest BCUT2D eigenvalue weighted by Gasteiger charge is 2.47. The van der Waals surface area contributed by atoms with Crippen molar-refractivity contribution in [1.29, 1.82) is 0 Å². The summed E-state index contributed by atoms with van der Waals surface area (Å²) in [7, 11) is 4.43. The number of carbonyl (C=O) groups is 2. The van der Waals surface area contributed by atoms with Crippen molar-refractivity contribution in [3.63, 3.8) is 0 Å². The van der Waals surface area contributed by atoms with E-state index >= 15 is 0 Å². The Balaban J connectivity index is 1.95. The van der Waals surface area contributed by atoms with Crippen molar-refractivity contribution in [2.45, 2.75) is 26.0 Å². The van der Waals surface area contributed by atoms with E-state index in [0.717, 1.165) is 0 Å². The van der Waals surface area contributed by atoms with Crippen molar-refractivity contribution < 1.29 is 33.6 Å². The van der Waals surface area contributed by atoms with E-state index in [4.69, 9.17) is 18.9 Å². The first-order chi connectivity index (χ1) is 17.8. The number of Topliss-reactive ketones (excluding diaryl/α,β-unsaturated/α-hetero) is 1. The molecule has 37 heavy (non-hydrogen) atoms. The fourth-order valence-corrected chi connectivity index (χ4v) is 4.40. The van der Waals surface area contributed by atoms with Gasteiger partial charge >= 0.3 is 0 Å². The predicted molar refractivity (Wildman–Crippen MR) is 140 cm³/mol. The molecule has 1 fully saturated rings. The summed E-state index contributed by atoms with van der Waals surface area (Å²) in [6.07, 6.45) is -0.0207. The molecule has 3 aromatic rings. The first-order valence-electron chi connectivity index (χ1n) is 11.7. The number of methoxy groups -OCH3 is 3. The maximum absolute atomic E-state index is 13.5. The molecule has 4 rings (SSSR count). The Bertz CT molecular complexity index is 1320. The van der Waals surface area contributed by atoms with Crippen LogP contribution >= 0.6 is 0 Å². The number of nitrogens with zero attached hydrogens (tertiary/aromatic N) is 1. The van der Waals surface area contributed by atoms with Crippen LogP contribution in [0.15, 0.2) is 72.3 Å². The van der Waals surface area contributed by atoms with Crippen LogP contribution in [0.3, 0.4) is 0 Å². The van der Waals surface area contributed by atoms with E-state index < -0.39 is 23.5 Å². The van der Waals surface area contributed by atoms with Crippen molar-refractivity contribution in [3.8, 4) is 23.0 Å². The molecule has 8 nitrogen and oxygen atoms in total. The van der Waals surface area contributed by atoms with Crippen LogP contribution in [0.25, 0.3) is 5.76 Å². The van der Waals surface area contributed by atoms with Crippen molar-refractivity contribution in [3.05, 3.63) is 83.4 Å². The molecular weight excluding hydrogens is 474 g/mol. The summed E-state index contributed by atoms with van der Waals surface area (Å²) in [6.45, 7) is 3.84. The van der Waals surface area contributed by atoms with E-state index in [-0.39, 0.29) is 17.2 Å². The summed E-state index contributed by atoms with van der Waals surface area (Å²) in [5, 5.41) is 11.6. The molecule has 1 amide bonds. The molecule has 1 aliphatic rings. The van der Waals surface area contributed by atoms with Gasteiger partial charge in [-0.25, -0.2) is 0 Å². The summed E-state index contributed by atoms with van der Waals surface area (Å²) in [5.41, 5.74) is 1.14. The van der Waals surface area contributed by atoms with Gasteiger partial charge in [-0.2, -0.15) is 0 Å². The maximum atomic E-state index is 13.5. The lowest BCUT2D eigenvalue weighted by Crippen LogP contribution is -2.29. The molecule has 0 spiro atoms. The molecule has 1 unspecified atom stereocenters. The third-order valence-electron chi connectivity index (χ3n) is 6.01. The molecule has 0 bridgehead atoms. The summed E-state index contributed by atoms with van der Waals surface area (Å²) in [5.74, 6) is -0.250. The second kappa shape index (κ2) is 10.7. The van der Waals surface area contributed by atoms with Gasteiger partial charge in [-0.05, 0) is 67.9 Å². The fraction of sp³-hybridized carbons (Fsp3) is 0.241. The van der Waals surface area contributed by atoms with E-state index in [1.165, 1.54) is 26.2 Å². The number of carbonyl (C=O) groups excluding carboxylic acids is 2. The molecular formula is C29H29NO7. The zero-order chi connectivity index (χ0) is 26.7. The molecule has 0 saturated carbocycles. The van der Waals surface area contributed by atoms with Crippen LogP contribution in [-0.4, -0.2) is 44.2 Å². The number of anilines is 1. The largest absolute Gasteiger partial charge is 0.506 e. The molecule has 8 heteroatoms. The summed E-state index contributed by atoms with van der Waals surface area (Å²) < 4.78 is 22.0. The summed E-state index contributed by atoms with van der Waals surface area (Å²) in [6, 6.07) is 18.0. The standard InChI is InChI=1S/C29H29NO7/c1-17(2)37-20-14-12-19(13-15-20)30-26(18-8-6-9-21(16-18)34-3)25(28(32)29(30)33)27(31)24-22(35-4)10-7-11-23(24)36-5/h6-17,26,31H,1-5H3/b27-25+. The van der Waals surface area contributed by atoms with Gasteiger partial charge in [0.1, 0.15) is 34.3 Å². The zero-order valence-corrected chi connectivity index (χ0v) is 21.3. The van der Waals surface area contributed by atoms with Crippen molar-refractivity contribution in [2.24, 2.45) is 0 Å². The van der Waals surface area contributed by atoms with Gasteiger partial charge in [-0.1, -0.05) is 18.2 Å². The molecule has 0 radical (unpaired) electrons. The Morgan fingerprint density at radius 2 is 1.46 bits per heavy atom. The van der Waals surface area contributed by atoms with Crippen LogP contribution in [0, 0.1) is 0 Å². The van der Waals surface area contributed by atoms with Crippen molar-refractivity contribution >= 4 is 23.1 Å². The summed E-state index contributed by atoms with van der Waals surface area (Å²) >= 11 is 0. The number of hydrogen-bond donors (Lipinski definition) is 1. The topological polar surface area (TPSA) is 94.5 Å². The number of amides is 1. The number of rotatable bonds is 8. The van der Waals surface area contributed by atoms with E-state index in [0.29, 0.717) is 34.2 Å². The lowest BCUT2D eigenvalue weighted by Gasteiger charge is -2.26. The number of hydrogen-bond acceptors (Lipinski definition) is 7. The third kappa shape index (κ3) is 4.82. The average molecular weight is 504 g/mol. The summed E-state index contributed by atoms with van der Waals surface area (Å²) in [4.78, 5) is 28.3. The van der Waals surface area contributed by atoms with Gasteiger partial charge in [-0.3, -0.25) is 14.5 Å². The Kier molecular flexibility index (Phi) is 7.38. The van der Waals surface area contributed by atoms with Gasteiger partial charge in [-0.15, -0.1) is 0 Å². The van der Waals surface area contributed by atoms with Crippen LogP contribution in [0.4, 0.5) is 5.69 Å². The van der Waals surface area contributed by atoms with Gasteiger partial charge < -0.3 is 24.1 Å². The van der Waals surface area contributed by atoms with Crippen LogP contribution in [0.2, 0.25) is 0 Å². The molecule has 1 saturated heterocycles. The van der Waals surface area contributed by atoms with Crippen molar-refractivity contribution in [2.75, 3.05) is 26.2 Å². The minimum atomic E-state index is -0.943. The SMILES string of the molecule is COc1cccc(C2/C(=C(\O)c3c(OC)cccc3OC)C(=O)C(=O)N2c2ccc(OC(C)C)cc2)c1. The highest BCUT2D eigenvalue weighted by Crippen LogP contribution is 2.45. The van der Waals surface area contributed by atoms with E-state index in [9.17, 15) is 14.7 Å². The monoisotopic (exact) mass is 503 g/mol. The van der Waals surface area contributed by atoms with E-state index in [2.05, 4.69) is 0 Å². The lowest BCUT2D eigenvalue weighted by molar-refractivity contribution is -0.132. The quantitative estimate of drug-likeness (QED) is 0.259. The second-order valence-electron chi connectivity index (χ2n) is 8.64. The number of aliphatic hydroxyl groups excluding tert-OH is 1. The smallest absolute Gasteiger partial charge is 0.300 e. The van der Waals surface area contributed by atoms with Crippen LogP contribution in [-0.2, 0) is 9.59 Å². The van der Waals surface area contributed by atoms with Gasteiger partial charge in [0, 0.05) is 5.69 Å². The Hall–Kier alpha value is -4.46. The molecule has 1 atom stereocenters. The highest BCUT2D eigenvalue weighted by atomic mass is 16.5. The molecule has 0 aliphatic carbocycles. The van der Waals surface area contributed by atoms with Gasteiger partial charge in [0.2, 0.25) is 0 Å². The first-order valence-corrected chi connectivity index (χ1v) is 11.7. The van der Waals surface area contributed by atoms with Crippen LogP contribution in [0.1, 0.15) is 31.0 Å². The predicted octanol–water partition coefficient (Wildman–Crippen LogP) is 5.13. The average Bonchev–Trinajstić information content (AvgIpc) is 3.18. The molecule has 1 N–H and O–H groups in total. The maximum Gasteiger partial charge on any atom is 0.300 e. The Morgan fingerprint density at radius 3 is 2.03 bits per heavy atom. The lowest BCUT2D eigenvalue weighted by atomic mass is 9.94. The number of aliphatic hydroxyl groups is 1. The van der Waals surface area contributed by atoms with Crippen LogP contribution < -0.4 is 23.8 Å². The highest BCUT2D eigenvalue weighted by molar-refractivity contribution is 6.51. The molecule has 192 valence electrons. The second-order valence-corrected chi connectivity index (χ2v) is 8.64. The Morgan fingerprint density at radius 1 is 0.838 bits per heavy atom. The van der Waals surface area contributed by atoms with Gasteiger partial charge in [0.15, 0.2) is 0 Å². The molecule has 3 aromatic carbocycles. The minimum absolute atomic E-state index is 0.0207. The third-order valence-corrected chi connectivity index (χ3v) is 6.01.